The van der Waals surface area contributed by atoms with Crippen LogP contribution in [0.2, 0.25) is 5.15 Å². The molecule has 2 N–H and O–H groups in total. The van der Waals surface area contributed by atoms with E-state index in [9.17, 15) is 4.79 Å². The van der Waals surface area contributed by atoms with Gasteiger partial charge in [0.05, 0.1) is 11.4 Å². The van der Waals surface area contributed by atoms with Gasteiger partial charge >= 0.3 is 0 Å². The van der Waals surface area contributed by atoms with Gasteiger partial charge in [-0.05, 0) is 56.1 Å². The van der Waals surface area contributed by atoms with Crippen LogP contribution in [0.15, 0.2) is 73.1 Å². The van der Waals surface area contributed by atoms with Crippen molar-refractivity contribution in [3.8, 4) is 22.6 Å². The average Bonchev–Trinajstić information content (AvgIpc) is 3.61. The first-order valence-electron chi connectivity index (χ1n) is 13.3. The van der Waals surface area contributed by atoms with Crippen molar-refractivity contribution in [3.05, 3.63) is 78.2 Å². The van der Waals surface area contributed by atoms with Crippen LogP contribution in [0, 0.1) is 0 Å². The maximum Gasteiger partial charge on any atom is 0.246 e. The Morgan fingerprint density at radius 1 is 1.10 bits per heavy atom. The maximum atomic E-state index is 12.9. The molecule has 8 nitrogen and oxygen atoms in total. The van der Waals surface area contributed by atoms with Crippen molar-refractivity contribution in [3.63, 3.8) is 0 Å². The molecule has 2 aliphatic rings. The fourth-order valence-corrected chi connectivity index (χ4v) is 5.70. The Balaban J connectivity index is 1.25. The number of nitrogen functional groups attached to an aromatic ring is 1. The smallest absolute Gasteiger partial charge is 0.246 e. The molecule has 39 heavy (non-hydrogen) atoms. The molecule has 1 amide bonds. The number of halogens is 1. The summed E-state index contributed by atoms with van der Waals surface area (Å²) >= 11 is 7.07. The van der Waals surface area contributed by atoms with Gasteiger partial charge in [0, 0.05) is 37.3 Å². The SMILES string of the molecule is CN(C/C=C/C(=O)N1CCC(n2c(Cl)c(-c3ccc(Oc4ccccc4)cc3)c3c(N)ncnc32)C1)C1CC1. The van der Waals surface area contributed by atoms with Gasteiger partial charge in [0.15, 0.2) is 0 Å². The predicted molar refractivity (Wildman–Crippen MR) is 154 cm³/mol. The number of hydrogen-bond donors (Lipinski definition) is 1. The highest BCUT2D eigenvalue weighted by Crippen LogP contribution is 2.43. The van der Waals surface area contributed by atoms with E-state index in [-0.39, 0.29) is 11.9 Å². The fourth-order valence-electron chi connectivity index (χ4n) is 5.28. The second kappa shape index (κ2) is 10.7. The molecule has 1 atom stereocenters. The van der Waals surface area contributed by atoms with E-state index >= 15 is 0 Å². The number of rotatable bonds is 8. The van der Waals surface area contributed by atoms with Crippen molar-refractivity contribution >= 4 is 34.4 Å². The standard InChI is InChI=1S/C30H31ClN6O2/c1-35(21-11-12-21)16-5-8-25(38)36-17-15-22(18-36)37-28(31)26(27-29(32)33-19-34-30(27)37)20-9-13-24(14-10-20)39-23-6-3-2-4-7-23/h2-10,13-14,19,21-22H,11-12,15-18H2,1H3,(H2,32,33,34)/b8-5+. The minimum absolute atomic E-state index is 0.0183. The summed E-state index contributed by atoms with van der Waals surface area (Å²) in [6.07, 6.45) is 8.39. The summed E-state index contributed by atoms with van der Waals surface area (Å²) in [5.41, 5.74) is 8.71. The normalized spacial score (nSPS) is 17.5. The molecular formula is C30H31ClN6O2. The van der Waals surface area contributed by atoms with Crippen molar-refractivity contribution in [2.75, 3.05) is 32.4 Å². The molecule has 2 fully saturated rings. The van der Waals surface area contributed by atoms with Gasteiger partial charge in [0.1, 0.15) is 34.4 Å². The lowest BCUT2D eigenvalue weighted by atomic mass is 10.1. The lowest BCUT2D eigenvalue weighted by Gasteiger charge is -2.17. The van der Waals surface area contributed by atoms with Crippen LogP contribution in [0.3, 0.4) is 0 Å². The zero-order chi connectivity index (χ0) is 26.9. The highest BCUT2D eigenvalue weighted by molar-refractivity contribution is 6.35. The van der Waals surface area contributed by atoms with Gasteiger partial charge in [-0.25, -0.2) is 9.97 Å². The zero-order valence-corrected chi connectivity index (χ0v) is 22.6. The Bertz CT molecular complexity index is 1510. The monoisotopic (exact) mass is 542 g/mol. The van der Waals surface area contributed by atoms with Crippen molar-refractivity contribution in [1.82, 2.24) is 24.3 Å². The van der Waals surface area contributed by atoms with Gasteiger partial charge in [0.2, 0.25) is 5.91 Å². The Morgan fingerprint density at radius 3 is 2.59 bits per heavy atom. The summed E-state index contributed by atoms with van der Waals surface area (Å²) in [6, 6.07) is 18.0. The number of carbonyl (C=O) groups is 1. The van der Waals surface area contributed by atoms with Gasteiger partial charge in [-0.1, -0.05) is 48.0 Å². The number of hydrogen-bond acceptors (Lipinski definition) is 6. The van der Waals surface area contributed by atoms with E-state index in [0.29, 0.717) is 41.1 Å². The topological polar surface area (TPSA) is 89.5 Å². The minimum Gasteiger partial charge on any atom is -0.457 e. The first-order valence-corrected chi connectivity index (χ1v) is 13.7. The summed E-state index contributed by atoms with van der Waals surface area (Å²) in [4.78, 5) is 25.9. The lowest BCUT2D eigenvalue weighted by molar-refractivity contribution is -0.125. The molecule has 0 radical (unpaired) electrons. The Morgan fingerprint density at radius 2 is 1.85 bits per heavy atom. The molecule has 0 spiro atoms. The third-order valence-corrected chi connectivity index (χ3v) is 7.91. The van der Waals surface area contributed by atoms with Crippen LogP contribution < -0.4 is 10.5 Å². The number of benzene rings is 2. The van der Waals surface area contributed by atoms with E-state index in [0.717, 1.165) is 35.6 Å². The maximum absolute atomic E-state index is 12.9. The van der Waals surface area contributed by atoms with E-state index in [1.165, 1.54) is 19.2 Å². The number of ether oxygens (including phenoxy) is 1. The predicted octanol–water partition coefficient (Wildman–Crippen LogP) is 5.55. The highest BCUT2D eigenvalue weighted by atomic mass is 35.5. The lowest BCUT2D eigenvalue weighted by Crippen LogP contribution is -2.28. The fraction of sp³-hybridized carbons (Fsp3) is 0.300. The van der Waals surface area contributed by atoms with Gasteiger partial charge in [-0.3, -0.25) is 9.69 Å². The number of likely N-dealkylation sites (tertiary alicyclic amines) is 1. The number of carbonyl (C=O) groups excluding carboxylic acids is 1. The number of nitrogens with zero attached hydrogens (tertiary/aromatic N) is 5. The molecule has 6 rings (SSSR count). The molecule has 2 aromatic heterocycles. The number of para-hydroxylation sites is 1. The van der Waals surface area contributed by atoms with Crippen LogP contribution in [-0.2, 0) is 4.79 Å². The Labute approximate surface area is 232 Å². The van der Waals surface area contributed by atoms with E-state index < -0.39 is 0 Å². The molecule has 1 unspecified atom stereocenters. The van der Waals surface area contributed by atoms with Crippen molar-refractivity contribution in [2.45, 2.75) is 31.3 Å². The molecule has 1 saturated heterocycles. The number of nitrogens with two attached hydrogens (primary N) is 1. The third kappa shape index (κ3) is 5.22. The van der Waals surface area contributed by atoms with Gasteiger partial charge < -0.3 is 19.9 Å². The van der Waals surface area contributed by atoms with E-state index in [1.54, 1.807) is 6.08 Å². The third-order valence-electron chi connectivity index (χ3n) is 7.54. The van der Waals surface area contributed by atoms with Crippen LogP contribution in [0.25, 0.3) is 22.2 Å². The second-order valence-electron chi connectivity index (χ2n) is 10.2. The molecule has 1 aliphatic carbocycles. The number of aromatic nitrogens is 3. The van der Waals surface area contributed by atoms with Crippen LogP contribution in [0.5, 0.6) is 11.5 Å². The van der Waals surface area contributed by atoms with Gasteiger partial charge in [-0.2, -0.15) is 0 Å². The first-order chi connectivity index (χ1) is 19.0. The van der Waals surface area contributed by atoms with Crippen LogP contribution in [0.1, 0.15) is 25.3 Å². The quantitative estimate of drug-likeness (QED) is 0.294. The number of amides is 1. The van der Waals surface area contributed by atoms with Crippen LogP contribution in [-0.4, -0.2) is 63.0 Å². The molecule has 4 aromatic rings. The summed E-state index contributed by atoms with van der Waals surface area (Å²) in [7, 11) is 2.10. The number of anilines is 1. The molecular weight excluding hydrogens is 512 g/mol. The van der Waals surface area contributed by atoms with E-state index in [2.05, 4.69) is 21.9 Å². The number of likely N-dealkylation sites (N-methyl/N-ethyl adjacent to an activating group) is 1. The molecule has 1 saturated carbocycles. The van der Waals surface area contributed by atoms with Crippen molar-refractivity contribution in [2.24, 2.45) is 0 Å². The van der Waals surface area contributed by atoms with Gasteiger partial charge in [0.25, 0.3) is 0 Å². The average molecular weight is 543 g/mol. The Hall–Kier alpha value is -3.88. The molecule has 9 heteroatoms. The largest absolute Gasteiger partial charge is 0.457 e. The summed E-state index contributed by atoms with van der Waals surface area (Å²) in [5, 5.41) is 1.25. The van der Waals surface area contributed by atoms with E-state index in [1.807, 2.05) is 70.1 Å². The first kappa shape index (κ1) is 25.4. The zero-order valence-electron chi connectivity index (χ0n) is 21.8. The molecule has 0 bridgehead atoms. The van der Waals surface area contributed by atoms with Crippen molar-refractivity contribution in [1.29, 1.82) is 0 Å². The molecule has 3 heterocycles. The minimum atomic E-state index is -0.0183. The molecule has 2 aromatic carbocycles. The summed E-state index contributed by atoms with van der Waals surface area (Å²) < 4.78 is 7.96. The molecule has 200 valence electrons. The van der Waals surface area contributed by atoms with Gasteiger partial charge in [-0.15, -0.1) is 0 Å². The molecule has 1 aliphatic heterocycles. The second-order valence-corrected chi connectivity index (χ2v) is 10.6. The van der Waals surface area contributed by atoms with Crippen molar-refractivity contribution < 1.29 is 9.53 Å². The summed E-state index contributed by atoms with van der Waals surface area (Å²) in [6.45, 7) is 2.00. The highest BCUT2D eigenvalue weighted by Gasteiger charge is 2.32. The summed E-state index contributed by atoms with van der Waals surface area (Å²) in [5.74, 6) is 1.88. The Kier molecular flexibility index (Phi) is 6.97. The van der Waals surface area contributed by atoms with E-state index in [4.69, 9.17) is 22.1 Å². The van der Waals surface area contributed by atoms with Crippen LogP contribution in [0.4, 0.5) is 5.82 Å². The number of fused-ring (bicyclic) bond motifs is 1. The van der Waals surface area contributed by atoms with Crippen LogP contribution >= 0.6 is 11.6 Å².